The molecule has 5 rings (SSSR count). The van der Waals surface area contributed by atoms with Crippen molar-refractivity contribution >= 4 is 97.1 Å². The molecule has 20 nitrogen and oxygen atoms in total. The van der Waals surface area contributed by atoms with E-state index in [-0.39, 0.29) is 196 Å². The van der Waals surface area contributed by atoms with Crippen LogP contribution in [0.1, 0.15) is 253 Å². The van der Waals surface area contributed by atoms with E-state index in [2.05, 4.69) is 291 Å². The number of carboxylic acid groups (broad SMARTS) is 1. The minimum Gasteiger partial charge on any atom is -0.481 e. The summed E-state index contributed by atoms with van der Waals surface area (Å²) in [4.78, 5) is 69.9. The second-order valence-electron chi connectivity index (χ2n) is 39.9. The van der Waals surface area contributed by atoms with Crippen LogP contribution < -0.4 is 0 Å². The Morgan fingerprint density at radius 1 is 0.495 bits per heavy atom. The van der Waals surface area contributed by atoms with Gasteiger partial charge in [-0.2, -0.15) is 0 Å². The van der Waals surface area contributed by atoms with Gasteiger partial charge in [-0.3, -0.25) is 28.8 Å². The number of ether oxygens (including phenoxy) is 8. The molecule has 0 spiro atoms. The Morgan fingerprint density at radius 2 is 0.766 bits per heavy atom. The quantitative estimate of drug-likeness (QED) is 0.0185. The SMILES string of the molecule is C=P(C)(C)C(C)(C)C(C)(C)C1O[C@@H](C)[C@H](C)[C@@H]1O.C=P(C)(C)C(C)(C)C(C)(C)C1O[C@@H](C)[C@H](C)[C@@H]1OC(=O)CCC(=O)O.C=P(C)(C)C(C)(C)C(C)(C)C1O[C@@H](C)[C@H](C)[C@@H]1OC(=O)CCC(=O)OC.CC(C)C.O=C1CCC(=O)O1.[C-]#[N+]CCOP(O[C@@H]1C(C(C)(C)C(C)(C)P(=C)(C)C)O[C@@H](C)[C@@H]1C)N(C(C)C)C(C)C. The molecule has 0 aromatic carbocycles. The average molecular weight is 1670 g/mol. The largest absolute Gasteiger partial charge is 0.481 e. The van der Waals surface area contributed by atoms with E-state index in [1.165, 1.54) is 7.11 Å². The number of aliphatic hydroxyl groups is 1. The number of carboxylic acids is 1. The molecule has 5 aliphatic rings. The van der Waals surface area contributed by atoms with Crippen LogP contribution in [0.4, 0.5) is 0 Å². The summed E-state index contributed by atoms with van der Waals surface area (Å²) in [5.74, 6) is -1.63. The molecule has 5 aliphatic heterocycles. The molecular weight excluding hydrogens is 1500 g/mol. The summed E-state index contributed by atoms with van der Waals surface area (Å²) < 4.78 is 60.8. The Hall–Kier alpha value is -2.18. The maximum atomic E-state index is 12.3. The second kappa shape index (κ2) is 42.7. The highest BCUT2D eigenvalue weighted by atomic mass is 31.2. The lowest BCUT2D eigenvalue weighted by atomic mass is 9.72. The fraction of sp³-hybridized carbons (Fsp3) is 0.872. The first-order valence-corrected chi connectivity index (χ1v) is 52.9. The number of esters is 5. The van der Waals surface area contributed by atoms with E-state index in [4.69, 9.17) is 49.1 Å². The maximum Gasteiger partial charge on any atom is 0.314 e. The van der Waals surface area contributed by atoms with Gasteiger partial charge in [0.05, 0.1) is 94.5 Å². The molecule has 0 radical (unpaired) electrons. The zero-order valence-corrected chi connectivity index (χ0v) is 82.0. The highest BCUT2D eigenvalue weighted by Crippen LogP contribution is 2.66. The summed E-state index contributed by atoms with van der Waals surface area (Å²) >= 11 is 0. The first-order valence-electron chi connectivity index (χ1n) is 40.3. The lowest BCUT2D eigenvalue weighted by Crippen LogP contribution is -2.52. The van der Waals surface area contributed by atoms with Crippen molar-refractivity contribution in [1.29, 1.82) is 0 Å². The topological polar surface area (TPSA) is 243 Å². The molecule has 0 saturated carbocycles. The minimum atomic E-state index is -1.47. The van der Waals surface area contributed by atoms with Gasteiger partial charge in [0.15, 0.2) is 0 Å². The Balaban J connectivity index is 0.00000140. The number of methoxy groups -OCH3 is 1. The van der Waals surface area contributed by atoms with Gasteiger partial charge in [0.1, 0.15) is 31.0 Å². The van der Waals surface area contributed by atoms with Gasteiger partial charge in [0.25, 0.3) is 8.53 Å². The van der Waals surface area contributed by atoms with Crippen LogP contribution in [0.3, 0.4) is 0 Å². The predicted octanol–water partition coefficient (Wildman–Crippen LogP) is 18.9. The van der Waals surface area contributed by atoms with Crippen LogP contribution in [0.2, 0.25) is 0 Å². The van der Waals surface area contributed by atoms with E-state index < -0.39 is 65.9 Å². The number of rotatable bonds is 28. The van der Waals surface area contributed by atoms with E-state index in [9.17, 15) is 33.9 Å². The Kier molecular flexibility index (Phi) is 41.8. The van der Waals surface area contributed by atoms with Crippen molar-refractivity contribution < 1.29 is 85.9 Å². The number of carbonyl (C=O) groups excluding carboxylic acids is 5. The van der Waals surface area contributed by atoms with Crippen LogP contribution in [0, 0.1) is 57.8 Å². The number of nitrogens with zero attached hydrogens (tertiary/aromatic N) is 2. The molecule has 17 atom stereocenters. The summed E-state index contributed by atoms with van der Waals surface area (Å²) in [6.45, 7) is 88.0. The smallest absolute Gasteiger partial charge is 0.314 e. The Bertz CT molecular complexity index is 3230. The number of cyclic esters (lactones) is 2. The van der Waals surface area contributed by atoms with E-state index in [0.29, 0.717) is 13.2 Å². The molecule has 5 unspecified atom stereocenters. The number of aliphatic carboxylic acids is 1. The van der Waals surface area contributed by atoms with Crippen molar-refractivity contribution in [2.24, 2.45) is 51.2 Å². The molecular formula is C86H165N2O18P5. The fourth-order valence-corrected chi connectivity index (χ4v) is 22.6. The van der Waals surface area contributed by atoms with Crippen molar-refractivity contribution in [3.8, 4) is 0 Å². The molecule has 0 aliphatic carbocycles. The lowest BCUT2D eigenvalue weighted by molar-refractivity contribution is -0.160. The van der Waals surface area contributed by atoms with Gasteiger partial charge in [-0.15, -0.1) is 52.7 Å². The van der Waals surface area contributed by atoms with Crippen molar-refractivity contribution in [2.75, 3.05) is 73.6 Å². The molecule has 652 valence electrons. The minimum absolute atomic E-state index is 0.000238. The first-order chi connectivity index (χ1) is 49.6. The third-order valence-corrected chi connectivity index (χ3v) is 43.9. The molecule has 0 aromatic heterocycles. The maximum absolute atomic E-state index is 12.3. The molecule has 0 aromatic rings. The molecule has 5 saturated heterocycles. The third kappa shape index (κ3) is 28.0. The standard InChI is InChI=1S/C24H48N2O3P2.C20H37O5P.C19H35O5P.C15H31O2P.C4H4O3.C4H10/c1-17(2)26(18(3)4)30(27-16-15-25-11)29-21-19(5)20(6)28-22(21)23(7,8)24(9,10)31(12,13)14;1-13-14(2)24-18(19(3,4)20(5,6)26(8,9)10)17(13)25-16(22)12-11-15(21)23-7;1-12-13(2)23-17(16(12)24-15(22)11-10-14(20)21)18(3,4)19(5,6)25(7,8)9;1-10-11(2)17-13(12(10)16)14(3,4)15(5,6)18(7,8)9;5-3-1-2-4(6)7-3;1-4(2)3/h17-22H,12,15-16H2,1-10,13-14H3;13-14,17-18H,8,11-12H2,1-7,9-10H3;12-13,16-17H,7,10-11H2,1-6,8-9H3,(H,20,21);10-13,16H,7H2,1-6,8-9H3;1-2H2;4H,1-3H3/t19-,20-,21-,22?,30?;13-,14-,17-,18?;12-,13-,16-,17?;10-,11-,12-,13?;;/m0000../s1. The average Bonchev–Trinajstić information content (AvgIpc) is 1.70. The van der Waals surface area contributed by atoms with Crippen molar-refractivity contribution in [2.45, 2.75) is 359 Å². The van der Waals surface area contributed by atoms with Gasteiger partial charge in [-0.25, -0.2) is 11.2 Å². The van der Waals surface area contributed by atoms with E-state index >= 15 is 0 Å². The molecule has 0 bridgehead atoms. The fourth-order valence-electron chi connectivity index (χ4n) is 14.0. The van der Waals surface area contributed by atoms with Crippen LogP contribution in [-0.4, -0.2) is 255 Å². The zero-order chi connectivity index (χ0) is 88.0. The van der Waals surface area contributed by atoms with Crippen molar-refractivity contribution in [1.82, 2.24) is 4.67 Å². The normalized spacial score (nSPS) is 27.4. The van der Waals surface area contributed by atoms with Crippen LogP contribution >= 0.6 is 36.1 Å². The molecule has 5 fully saturated rings. The molecule has 111 heavy (non-hydrogen) atoms. The van der Waals surface area contributed by atoms with Gasteiger partial charge in [0.2, 0.25) is 6.54 Å². The molecule has 5 heterocycles. The Labute approximate surface area is 679 Å². The van der Waals surface area contributed by atoms with E-state index in [1.807, 2.05) is 20.8 Å². The monoisotopic (exact) mass is 1670 g/mol. The molecule has 25 heteroatoms. The lowest BCUT2D eigenvalue weighted by Gasteiger charge is -2.52. The summed E-state index contributed by atoms with van der Waals surface area (Å²) in [6.07, 6.45) is 16.6. The van der Waals surface area contributed by atoms with Crippen LogP contribution in [0.25, 0.3) is 4.85 Å². The van der Waals surface area contributed by atoms with Crippen LogP contribution in [0.15, 0.2) is 0 Å². The summed E-state index contributed by atoms with van der Waals surface area (Å²) in [5.41, 5.74) is -0.723. The highest BCUT2D eigenvalue weighted by Gasteiger charge is 2.60. The summed E-state index contributed by atoms with van der Waals surface area (Å²) in [7, 11) is 0.00643. The molecule has 2 N–H and O–H groups in total. The van der Waals surface area contributed by atoms with Gasteiger partial charge >= 0.3 is 35.8 Å². The van der Waals surface area contributed by atoms with Crippen LogP contribution in [-0.2, 0) is 75.7 Å². The van der Waals surface area contributed by atoms with Gasteiger partial charge in [-0.05, 0) is 135 Å². The first kappa shape index (κ1) is 109. The van der Waals surface area contributed by atoms with Crippen molar-refractivity contribution in [3.63, 3.8) is 0 Å². The highest BCUT2D eigenvalue weighted by molar-refractivity contribution is 7.74. The zero-order valence-electron chi connectivity index (χ0n) is 77.5. The van der Waals surface area contributed by atoms with Gasteiger partial charge in [-0.1, -0.05) is 159 Å². The predicted molar refractivity (Wildman–Crippen MR) is 475 cm³/mol. The van der Waals surface area contributed by atoms with Crippen LogP contribution in [0.5, 0.6) is 0 Å². The summed E-state index contributed by atoms with van der Waals surface area (Å²) in [6, 6.07) is 0.559. The second-order valence-corrected chi connectivity index (χ2v) is 59.2. The number of hydrogen-bond acceptors (Lipinski definition) is 18. The number of carbonyl (C=O) groups is 6. The molecule has 0 amide bonds. The number of hydrogen-bond donors (Lipinski definition) is 2. The van der Waals surface area contributed by atoms with E-state index in [1.54, 1.807) is 0 Å². The third-order valence-electron chi connectivity index (χ3n) is 27.4. The van der Waals surface area contributed by atoms with E-state index in [0.717, 1.165) is 5.92 Å². The summed E-state index contributed by atoms with van der Waals surface area (Å²) in [5, 5.41) is 19.1. The number of aliphatic hydroxyl groups excluding tert-OH is 1. The van der Waals surface area contributed by atoms with Crippen molar-refractivity contribution in [3.05, 3.63) is 11.4 Å². The Morgan fingerprint density at radius 3 is 1.02 bits per heavy atom. The van der Waals surface area contributed by atoms with Gasteiger partial charge in [0, 0.05) is 57.4 Å². The van der Waals surface area contributed by atoms with Gasteiger partial charge < -0.3 is 62.0 Å².